The first-order valence-corrected chi connectivity index (χ1v) is 12.9. The van der Waals surface area contributed by atoms with E-state index in [-0.39, 0.29) is 24.0 Å². The Balaban J connectivity index is 1.41. The van der Waals surface area contributed by atoms with Crippen LogP contribution in [0.4, 0.5) is 0 Å². The fourth-order valence-electron chi connectivity index (χ4n) is 4.29. The summed E-state index contributed by atoms with van der Waals surface area (Å²) >= 11 is 1.49. The second-order valence-corrected chi connectivity index (χ2v) is 10.1. The lowest BCUT2D eigenvalue weighted by Gasteiger charge is -2.24. The Morgan fingerprint density at radius 2 is 1.97 bits per heavy atom. The first kappa shape index (κ1) is 24.0. The zero-order valence-corrected chi connectivity index (χ0v) is 20.9. The smallest absolute Gasteiger partial charge is 0.230 e. The third-order valence-corrected chi connectivity index (χ3v) is 7.26. The molecular formula is C25H35N3O4S. The van der Waals surface area contributed by atoms with Crippen LogP contribution in [0.5, 0.6) is 11.5 Å². The quantitative estimate of drug-likeness (QED) is 0.571. The molecule has 0 radical (unpaired) electrons. The van der Waals surface area contributed by atoms with Gasteiger partial charge in [0.15, 0.2) is 16.7 Å². The van der Waals surface area contributed by atoms with Gasteiger partial charge in [-0.1, -0.05) is 31.7 Å². The van der Waals surface area contributed by atoms with Crippen LogP contribution in [0.25, 0.3) is 0 Å². The lowest BCUT2D eigenvalue weighted by molar-refractivity contribution is -0.119. The van der Waals surface area contributed by atoms with E-state index in [4.69, 9.17) is 19.2 Å². The number of fused-ring (bicyclic) bond motifs is 1. The first-order valence-electron chi connectivity index (χ1n) is 11.9. The molecule has 2 aliphatic heterocycles. The van der Waals surface area contributed by atoms with E-state index in [9.17, 15) is 4.79 Å². The van der Waals surface area contributed by atoms with Gasteiger partial charge >= 0.3 is 0 Å². The third-order valence-electron chi connectivity index (χ3n) is 6.28. The molecule has 8 heteroatoms. The summed E-state index contributed by atoms with van der Waals surface area (Å²) in [6, 6.07) is 5.86. The van der Waals surface area contributed by atoms with E-state index in [0.717, 1.165) is 66.0 Å². The molecule has 2 atom stereocenters. The van der Waals surface area contributed by atoms with Crippen molar-refractivity contribution in [1.82, 2.24) is 14.9 Å². The first-order chi connectivity index (χ1) is 15.9. The Labute approximate surface area is 200 Å². The van der Waals surface area contributed by atoms with Crippen molar-refractivity contribution >= 4 is 17.7 Å². The van der Waals surface area contributed by atoms with Gasteiger partial charge < -0.3 is 24.1 Å². The maximum absolute atomic E-state index is 12.9. The number of thioether (sulfide) groups is 1. The topological polar surface area (TPSA) is 74.6 Å². The average molecular weight is 474 g/mol. The SMILES string of the molecule is Cc1nc(SCC(=O)N[C@H](c2ccc3c(c2)OCCCO3)C(C)C)n(C[C@@H]2CCCO2)c1C. The normalized spacial score (nSPS) is 18.9. The molecule has 1 aromatic carbocycles. The van der Waals surface area contributed by atoms with Gasteiger partial charge in [-0.2, -0.15) is 0 Å². The number of imidazole rings is 1. The van der Waals surface area contributed by atoms with Crippen molar-refractivity contribution in [3.63, 3.8) is 0 Å². The molecule has 0 saturated carbocycles. The van der Waals surface area contributed by atoms with Gasteiger partial charge in [-0.05, 0) is 50.3 Å². The highest BCUT2D eigenvalue weighted by molar-refractivity contribution is 7.99. The van der Waals surface area contributed by atoms with Gasteiger partial charge in [-0.15, -0.1) is 0 Å². The summed E-state index contributed by atoms with van der Waals surface area (Å²) in [6.45, 7) is 11.3. The average Bonchev–Trinajstić information content (AvgIpc) is 3.31. The Morgan fingerprint density at radius 1 is 1.18 bits per heavy atom. The molecule has 1 amide bonds. The van der Waals surface area contributed by atoms with Crippen LogP contribution in [-0.4, -0.2) is 47.1 Å². The van der Waals surface area contributed by atoms with Crippen LogP contribution < -0.4 is 14.8 Å². The summed E-state index contributed by atoms with van der Waals surface area (Å²) in [5.41, 5.74) is 3.17. The number of rotatable bonds is 8. The Hall–Kier alpha value is -2.19. The fourth-order valence-corrected chi connectivity index (χ4v) is 5.21. The van der Waals surface area contributed by atoms with Crippen molar-refractivity contribution in [3.8, 4) is 11.5 Å². The van der Waals surface area contributed by atoms with Gasteiger partial charge in [0.1, 0.15) is 0 Å². The van der Waals surface area contributed by atoms with E-state index in [1.165, 1.54) is 11.8 Å². The molecule has 0 aliphatic carbocycles. The zero-order valence-electron chi connectivity index (χ0n) is 20.1. The number of aromatic nitrogens is 2. The minimum atomic E-state index is -0.106. The van der Waals surface area contributed by atoms with E-state index in [1.54, 1.807) is 0 Å². The molecule has 1 saturated heterocycles. The maximum Gasteiger partial charge on any atom is 0.230 e. The minimum absolute atomic E-state index is 0.00668. The Morgan fingerprint density at radius 3 is 2.70 bits per heavy atom. The molecule has 4 rings (SSSR count). The van der Waals surface area contributed by atoms with Gasteiger partial charge in [0.2, 0.25) is 5.91 Å². The highest BCUT2D eigenvalue weighted by Gasteiger charge is 2.23. The number of benzene rings is 1. The number of carbonyl (C=O) groups excluding carboxylic acids is 1. The minimum Gasteiger partial charge on any atom is -0.490 e. The van der Waals surface area contributed by atoms with Crippen LogP contribution in [0.1, 0.15) is 56.1 Å². The number of aryl methyl sites for hydroxylation is 1. The Kier molecular flexibility index (Phi) is 7.86. The molecule has 1 fully saturated rings. The predicted molar refractivity (Wildman–Crippen MR) is 129 cm³/mol. The van der Waals surface area contributed by atoms with E-state index in [2.05, 4.69) is 30.7 Å². The lowest BCUT2D eigenvalue weighted by atomic mass is 9.95. The number of amides is 1. The number of hydrogen-bond acceptors (Lipinski definition) is 6. The zero-order chi connectivity index (χ0) is 23.4. The molecule has 0 spiro atoms. The molecule has 1 aromatic heterocycles. The number of hydrogen-bond donors (Lipinski definition) is 1. The van der Waals surface area contributed by atoms with Crippen LogP contribution in [0.2, 0.25) is 0 Å². The van der Waals surface area contributed by atoms with Crippen LogP contribution >= 0.6 is 11.8 Å². The van der Waals surface area contributed by atoms with Crippen LogP contribution in [0.15, 0.2) is 23.4 Å². The standard InChI is InChI=1S/C25H35N3O4S/c1-16(2)24(19-8-9-21-22(13-19)32-12-6-11-31-21)27-23(29)15-33-25-26-17(3)18(4)28(25)14-20-7-5-10-30-20/h8-9,13,16,20,24H,5-7,10-12,14-15H2,1-4H3,(H,27,29)/t20-,24-/m0/s1. The largest absolute Gasteiger partial charge is 0.490 e. The molecule has 33 heavy (non-hydrogen) atoms. The van der Waals surface area contributed by atoms with Gasteiger partial charge in [0, 0.05) is 18.7 Å². The van der Waals surface area contributed by atoms with Crippen LogP contribution in [-0.2, 0) is 16.1 Å². The summed E-state index contributed by atoms with van der Waals surface area (Å²) < 4.78 is 19.6. The molecule has 7 nitrogen and oxygen atoms in total. The second kappa shape index (κ2) is 10.8. The number of carbonyl (C=O) groups is 1. The summed E-state index contributed by atoms with van der Waals surface area (Å²) in [5.74, 6) is 2.06. The van der Waals surface area contributed by atoms with Crippen molar-refractivity contribution in [1.29, 1.82) is 0 Å². The molecule has 0 bridgehead atoms. The number of nitrogens with zero attached hydrogens (tertiary/aromatic N) is 2. The van der Waals surface area contributed by atoms with Crippen molar-refractivity contribution in [2.24, 2.45) is 5.92 Å². The Bertz CT molecular complexity index is 969. The highest BCUT2D eigenvalue weighted by Crippen LogP contribution is 2.34. The van der Waals surface area contributed by atoms with Gasteiger partial charge in [0.25, 0.3) is 0 Å². The number of nitrogens with one attached hydrogen (secondary N) is 1. The monoisotopic (exact) mass is 473 g/mol. The number of ether oxygens (including phenoxy) is 3. The highest BCUT2D eigenvalue weighted by atomic mass is 32.2. The van der Waals surface area contributed by atoms with Crippen molar-refractivity contribution in [2.75, 3.05) is 25.6 Å². The van der Waals surface area contributed by atoms with Gasteiger partial charge in [-0.3, -0.25) is 4.79 Å². The van der Waals surface area contributed by atoms with E-state index in [0.29, 0.717) is 19.0 Å². The van der Waals surface area contributed by atoms with E-state index >= 15 is 0 Å². The molecular weight excluding hydrogens is 438 g/mol. The molecule has 0 unspecified atom stereocenters. The second-order valence-electron chi connectivity index (χ2n) is 9.15. The molecule has 180 valence electrons. The van der Waals surface area contributed by atoms with E-state index in [1.807, 2.05) is 25.1 Å². The predicted octanol–water partition coefficient (Wildman–Crippen LogP) is 4.45. The summed E-state index contributed by atoms with van der Waals surface area (Å²) in [7, 11) is 0. The summed E-state index contributed by atoms with van der Waals surface area (Å²) in [5, 5.41) is 4.10. The van der Waals surface area contributed by atoms with Crippen LogP contribution in [0, 0.1) is 19.8 Å². The molecule has 2 aliphatic rings. The van der Waals surface area contributed by atoms with Gasteiger partial charge in [0.05, 0.1) is 43.4 Å². The lowest BCUT2D eigenvalue weighted by Crippen LogP contribution is -2.33. The van der Waals surface area contributed by atoms with E-state index < -0.39 is 0 Å². The molecule has 2 aromatic rings. The van der Waals surface area contributed by atoms with Crippen molar-refractivity contribution in [2.45, 2.75) is 70.8 Å². The molecule has 1 N–H and O–H groups in total. The van der Waals surface area contributed by atoms with Crippen molar-refractivity contribution < 1.29 is 19.0 Å². The summed E-state index contributed by atoms with van der Waals surface area (Å²) in [6.07, 6.45) is 3.29. The maximum atomic E-state index is 12.9. The van der Waals surface area contributed by atoms with Gasteiger partial charge in [-0.25, -0.2) is 4.98 Å². The van der Waals surface area contributed by atoms with Crippen molar-refractivity contribution in [3.05, 3.63) is 35.2 Å². The molecule has 3 heterocycles. The fraction of sp³-hybridized carbons (Fsp3) is 0.600. The summed E-state index contributed by atoms with van der Waals surface area (Å²) in [4.78, 5) is 17.7. The third kappa shape index (κ3) is 5.84. The van der Waals surface area contributed by atoms with Crippen LogP contribution in [0.3, 0.4) is 0 Å².